The summed E-state index contributed by atoms with van der Waals surface area (Å²) in [5.41, 5.74) is 0.756. The molecule has 0 saturated heterocycles. The standard InChI is InChI=1S/C10H9FO2/c1-13-9-5-2-8(3-6-9)4-7-10(11)12/h2-7H,1H3. The van der Waals surface area contributed by atoms with E-state index in [-0.39, 0.29) is 0 Å². The lowest BCUT2D eigenvalue weighted by atomic mass is 10.2. The minimum atomic E-state index is -1.45. The summed E-state index contributed by atoms with van der Waals surface area (Å²) < 4.78 is 16.7. The summed E-state index contributed by atoms with van der Waals surface area (Å²) in [5, 5.41) is 0. The van der Waals surface area contributed by atoms with Gasteiger partial charge in [-0.2, -0.15) is 4.39 Å². The number of carbonyl (C=O) groups excluding carboxylic acids is 1. The molecule has 0 aliphatic rings. The van der Waals surface area contributed by atoms with Crippen LogP contribution in [0.1, 0.15) is 5.56 Å². The summed E-state index contributed by atoms with van der Waals surface area (Å²) >= 11 is 0. The molecule has 0 heterocycles. The maximum Gasteiger partial charge on any atom is 0.324 e. The molecule has 0 saturated carbocycles. The van der Waals surface area contributed by atoms with E-state index < -0.39 is 6.04 Å². The molecule has 0 spiro atoms. The highest BCUT2D eigenvalue weighted by atomic mass is 19.1. The van der Waals surface area contributed by atoms with E-state index in [1.165, 1.54) is 6.08 Å². The molecular weight excluding hydrogens is 171 g/mol. The predicted molar refractivity (Wildman–Crippen MR) is 48.1 cm³/mol. The molecule has 0 aromatic heterocycles. The van der Waals surface area contributed by atoms with Crippen molar-refractivity contribution in [1.29, 1.82) is 0 Å². The third-order valence-corrected chi connectivity index (χ3v) is 1.52. The number of ether oxygens (including phenoxy) is 1. The van der Waals surface area contributed by atoms with Crippen LogP contribution in [0.15, 0.2) is 30.3 Å². The van der Waals surface area contributed by atoms with Crippen LogP contribution in [0.3, 0.4) is 0 Å². The van der Waals surface area contributed by atoms with Crippen LogP contribution >= 0.6 is 0 Å². The number of benzene rings is 1. The fraction of sp³-hybridized carbons (Fsp3) is 0.100. The smallest absolute Gasteiger partial charge is 0.324 e. The molecule has 0 unspecified atom stereocenters. The second kappa shape index (κ2) is 4.40. The van der Waals surface area contributed by atoms with Crippen LogP contribution in [0.2, 0.25) is 0 Å². The summed E-state index contributed by atoms with van der Waals surface area (Å²) in [6.45, 7) is 0. The highest BCUT2D eigenvalue weighted by molar-refractivity contribution is 5.85. The van der Waals surface area contributed by atoms with Crippen LogP contribution in [-0.4, -0.2) is 13.1 Å². The van der Waals surface area contributed by atoms with E-state index in [0.717, 1.165) is 17.4 Å². The Bertz CT molecular complexity index is 314. The van der Waals surface area contributed by atoms with E-state index in [9.17, 15) is 9.18 Å². The topological polar surface area (TPSA) is 26.3 Å². The first-order valence-electron chi connectivity index (χ1n) is 3.74. The van der Waals surface area contributed by atoms with Crippen molar-refractivity contribution < 1.29 is 13.9 Å². The SMILES string of the molecule is COc1ccc(C=CC(=O)F)cc1. The molecule has 3 heteroatoms. The molecule has 1 aromatic rings. The van der Waals surface area contributed by atoms with Gasteiger partial charge in [0.1, 0.15) is 5.75 Å². The Kier molecular flexibility index (Phi) is 3.20. The maximum atomic E-state index is 11.8. The first-order valence-corrected chi connectivity index (χ1v) is 3.74. The third kappa shape index (κ3) is 3.07. The molecule has 13 heavy (non-hydrogen) atoms. The first kappa shape index (κ1) is 9.45. The van der Waals surface area contributed by atoms with Crippen molar-refractivity contribution in [3.8, 4) is 5.75 Å². The van der Waals surface area contributed by atoms with E-state index in [2.05, 4.69) is 0 Å². The van der Waals surface area contributed by atoms with Gasteiger partial charge in [0.05, 0.1) is 7.11 Å². The Balaban J connectivity index is 2.75. The Hall–Kier alpha value is -1.64. The van der Waals surface area contributed by atoms with Gasteiger partial charge in [0, 0.05) is 6.08 Å². The van der Waals surface area contributed by atoms with Crippen LogP contribution in [0.4, 0.5) is 4.39 Å². The van der Waals surface area contributed by atoms with Crippen LogP contribution < -0.4 is 4.74 Å². The average Bonchev–Trinajstić information content (AvgIpc) is 2.15. The zero-order valence-corrected chi connectivity index (χ0v) is 7.16. The van der Waals surface area contributed by atoms with Crippen LogP contribution in [0.5, 0.6) is 5.75 Å². The van der Waals surface area contributed by atoms with Crippen molar-refractivity contribution in [2.45, 2.75) is 0 Å². The molecule has 2 nitrogen and oxygen atoms in total. The predicted octanol–water partition coefficient (Wildman–Crippen LogP) is 2.20. The van der Waals surface area contributed by atoms with Crippen molar-refractivity contribution in [1.82, 2.24) is 0 Å². The van der Waals surface area contributed by atoms with E-state index in [0.29, 0.717) is 0 Å². The number of hydrogen-bond acceptors (Lipinski definition) is 2. The summed E-state index contributed by atoms with van der Waals surface area (Å²) in [6, 6.07) is 5.50. The van der Waals surface area contributed by atoms with Gasteiger partial charge in [0.15, 0.2) is 0 Å². The largest absolute Gasteiger partial charge is 0.497 e. The monoisotopic (exact) mass is 180 g/mol. The number of halogens is 1. The Morgan fingerprint density at radius 3 is 2.46 bits per heavy atom. The van der Waals surface area contributed by atoms with Gasteiger partial charge < -0.3 is 4.74 Å². The van der Waals surface area contributed by atoms with E-state index >= 15 is 0 Å². The van der Waals surface area contributed by atoms with E-state index in [1.54, 1.807) is 31.4 Å². The van der Waals surface area contributed by atoms with Crippen LogP contribution in [0.25, 0.3) is 6.08 Å². The van der Waals surface area contributed by atoms with Gasteiger partial charge in [0.25, 0.3) is 0 Å². The fourth-order valence-corrected chi connectivity index (χ4v) is 0.877. The second-order valence-electron chi connectivity index (χ2n) is 2.41. The number of methoxy groups -OCH3 is 1. The van der Waals surface area contributed by atoms with Gasteiger partial charge in [-0.05, 0) is 23.8 Å². The molecule has 0 aliphatic heterocycles. The van der Waals surface area contributed by atoms with Gasteiger partial charge in [-0.15, -0.1) is 0 Å². The lowest BCUT2D eigenvalue weighted by molar-refractivity contribution is -0.124. The average molecular weight is 180 g/mol. The minimum Gasteiger partial charge on any atom is -0.497 e. The molecule has 0 fully saturated rings. The Morgan fingerprint density at radius 1 is 1.38 bits per heavy atom. The molecule has 0 N–H and O–H groups in total. The maximum absolute atomic E-state index is 11.8. The molecule has 0 atom stereocenters. The van der Waals surface area contributed by atoms with Gasteiger partial charge in [0.2, 0.25) is 0 Å². The van der Waals surface area contributed by atoms with Crippen molar-refractivity contribution >= 4 is 12.1 Å². The second-order valence-corrected chi connectivity index (χ2v) is 2.41. The normalized spacial score (nSPS) is 10.3. The van der Waals surface area contributed by atoms with Crippen molar-refractivity contribution in [2.75, 3.05) is 7.11 Å². The summed E-state index contributed by atoms with van der Waals surface area (Å²) in [6.07, 6.45) is 2.28. The van der Waals surface area contributed by atoms with Gasteiger partial charge >= 0.3 is 6.04 Å². The Labute approximate surface area is 75.6 Å². The van der Waals surface area contributed by atoms with Crippen LogP contribution in [0, 0.1) is 0 Å². The quantitative estimate of drug-likeness (QED) is 0.526. The molecule has 0 radical (unpaired) electrons. The fourth-order valence-electron chi connectivity index (χ4n) is 0.877. The number of hydrogen-bond donors (Lipinski definition) is 0. The highest BCUT2D eigenvalue weighted by Gasteiger charge is 1.91. The summed E-state index contributed by atoms with van der Waals surface area (Å²) in [4.78, 5) is 9.96. The zero-order chi connectivity index (χ0) is 9.68. The van der Waals surface area contributed by atoms with Gasteiger partial charge in [-0.3, -0.25) is 4.79 Å². The summed E-state index contributed by atoms with van der Waals surface area (Å²) in [7, 11) is 1.57. The highest BCUT2D eigenvalue weighted by Crippen LogP contribution is 2.12. The Morgan fingerprint density at radius 2 is 2.00 bits per heavy atom. The molecule has 68 valence electrons. The van der Waals surface area contributed by atoms with Crippen molar-refractivity contribution in [2.24, 2.45) is 0 Å². The lowest BCUT2D eigenvalue weighted by Gasteiger charge is -1.98. The molecule has 0 aliphatic carbocycles. The van der Waals surface area contributed by atoms with Crippen molar-refractivity contribution in [3.05, 3.63) is 35.9 Å². The number of carbonyl (C=O) groups is 1. The van der Waals surface area contributed by atoms with Gasteiger partial charge in [-0.25, -0.2) is 0 Å². The minimum absolute atomic E-state index is 0.726. The molecule has 1 rings (SSSR count). The summed E-state index contributed by atoms with van der Waals surface area (Å²) in [5.74, 6) is 0.726. The number of rotatable bonds is 3. The number of allylic oxidation sites excluding steroid dienone is 1. The molecular formula is C10H9FO2. The third-order valence-electron chi connectivity index (χ3n) is 1.52. The molecule has 1 aromatic carbocycles. The van der Waals surface area contributed by atoms with E-state index in [1.807, 2.05) is 0 Å². The lowest BCUT2D eigenvalue weighted by Crippen LogP contribution is -1.82. The first-order chi connectivity index (χ1) is 6.22. The zero-order valence-electron chi connectivity index (χ0n) is 7.16. The van der Waals surface area contributed by atoms with Gasteiger partial charge in [-0.1, -0.05) is 12.1 Å². The van der Waals surface area contributed by atoms with E-state index in [4.69, 9.17) is 4.74 Å². The van der Waals surface area contributed by atoms with Crippen molar-refractivity contribution in [3.63, 3.8) is 0 Å². The molecule has 0 bridgehead atoms. The molecule has 0 amide bonds. The van der Waals surface area contributed by atoms with Crippen LogP contribution in [-0.2, 0) is 4.79 Å².